The highest BCUT2D eigenvalue weighted by Crippen LogP contribution is 2.23. The summed E-state index contributed by atoms with van der Waals surface area (Å²) in [5, 5.41) is 3.59. The van der Waals surface area contributed by atoms with E-state index >= 15 is 0 Å². The molecule has 2 aromatic heterocycles. The minimum atomic E-state index is -0.0449. The maximum absolute atomic E-state index is 12.3. The van der Waals surface area contributed by atoms with Gasteiger partial charge >= 0.3 is 0 Å². The number of benzene rings is 1. The van der Waals surface area contributed by atoms with Gasteiger partial charge in [-0.2, -0.15) is 0 Å². The first kappa shape index (κ1) is 19.3. The van der Waals surface area contributed by atoms with Crippen LogP contribution in [0.25, 0.3) is 5.65 Å². The maximum atomic E-state index is 12.3. The van der Waals surface area contributed by atoms with Gasteiger partial charge in [0.05, 0.1) is 5.69 Å². The Labute approximate surface area is 161 Å². The topological polar surface area (TPSA) is 46.4 Å². The Morgan fingerprint density at radius 2 is 1.78 bits per heavy atom. The molecule has 0 bridgehead atoms. The van der Waals surface area contributed by atoms with Crippen LogP contribution in [0.5, 0.6) is 0 Å². The van der Waals surface area contributed by atoms with Crippen LogP contribution < -0.4 is 10.9 Å². The molecule has 3 rings (SSSR count). The number of fused-ring (bicyclic) bond motifs is 1. The summed E-state index contributed by atoms with van der Waals surface area (Å²) in [6.45, 7) is 9.47. The molecule has 1 N–H and O–H groups in total. The smallest absolute Gasteiger partial charge is 0.258 e. The fourth-order valence-corrected chi connectivity index (χ4v) is 3.48. The summed E-state index contributed by atoms with van der Waals surface area (Å²) in [7, 11) is 0. The first-order valence-electron chi connectivity index (χ1n) is 9.73. The highest BCUT2D eigenvalue weighted by atomic mass is 16.1. The Hall–Kier alpha value is -2.46. The van der Waals surface area contributed by atoms with Crippen molar-refractivity contribution < 1.29 is 0 Å². The van der Waals surface area contributed by atoms with Crippen LogP contribution in [0.4, 0.5) is 0 Å². The van der Waals surface area contributed by atoms with E-state index in [-0.39, 0.29) is 11.6 Å². The average Bonchev–Trinajstić information content (AvgIpc) is 2.62. The van der Waals surface area contributed by atoms with E-state index in [1.165, 1.54) is 11.1 Å². The number of nitrogens with zero attached hydrogens (tertiary/aromatic N) is 2. The van der Waals surface area contributed by atoms with Crippen LogP contribution >= 0.6 is 0 Å². The first-order chi connectivity index (χ1) is 12.9. The Bertz CT molecular complexity index is 942. The lowest BCUT2D eigenvalue weighted by Crippen LogP contribution is -2.27. The van der Waals surface area contributed by atoms with Crippen LogP contribution in [0.15, 0.2) is 59.5 Å². The number of rotatable bonds is 7. The fraction of sp³-hybridized carbons (Fsp3) is 0.391. The number of hydrogen-bond acceptors (Lipinski definition) is 3. The Morgan fingerprint density at radius 1 is 1.04 bits per heavy atom. The van der Waals surface area contributed by atoms with Crippen LogP contribution in [0, 0.1) is 11.8 Å². The third kappa shape index (κ3) is 4.83. The summed E-state index contributed by atoms with van der Waals surface area (Å²) in [6.07, 6.45) is 2.85. The zero-order valence-corrected chi connectivity index (χ0v) is 16.6. The Kier molecular flexibility index (Phi) is 6.07. The Balaban J connectivity index is 1.76. The van der Waals surface area contributed by atoms with Gasteiger partial charge in [-0.15, -0.1) is 0 Å². The summed E-state index contributed by atoms with van der Waals surface area (Å²) in [6, 6.07) is 16.3. The summed E-state index contributed by atoms with van der Waals surface area (Å²) in [5.41, 5.74) is 4.06. The lowest BCUT2D eigenvalue weighted by Gasteiger charge is -2.23. The number of nitrogens with one attached hydrogen (secondary N) is 1. The molecule has 3 aromatic rings. The van der Waals surface area contributed by atoms with Gasteiger partial charge in [0.1, 0.15) is 5.65 Å². The molecule has 0 fully saturated rings. The normalized spacial score (nSPS) is 12.8. The Morgan fingerprint density at radius 3 is 2.44 bits per heavy atom. The maximum Gasteiger partial charge on any atom is 0.258 e. The van der Waals surface area contributed by atoms with Gasteiger partial charge < -0.3 is 5.32 Å². The number of aromatic nitrogens is 2. The predicted octanol–water partition coefficient (Wildman–Crippen LogP) is 4.38. The van der Waals surface area contributed by atoms with Crippen molar-refractivity contribution in [3.05, 3.63) is 81.9 Å². The lowest BCUT2D eigenvalue weighted by atomic mass is 9.93. The summed E-state index contributed by atoms with van der Waals surface area (Å²) in [4.78, 5) is 16.9. The molecule has 0 saturated carbocycles. The van der Waals surface area contributed by atoms with E-state index < -0.39 is 0 Å². The molecule has 27 heavy (non-hydrogen) atoms. The van der Waals surface area contributed by atoms with Crippen molar-refractivity contribution in [3.8, 4) is 0 Å². The molecule has 0 radical (unpaired) electrons. The first-order valence-corrected chi connectivity index (χ1v) is 9.73. The summed E-state index contributed by atoms with van der Waals surface area (Å²) in [5.74, 6) is 1.09. The quantitative estimate of drug-likeness (QED) is 0.678. The van der Waals surface area contributed by atoms with Gasteiger partial charge in [-0.1, -0.05) is 58.0 Å². The molecule has 1 atom stereocenters. The second-order valence-corrected chi connectivity index (χ2v) is 7.96. The van der Waals surface area contributed by atoms with E-state index in [2.05, 4.69) is 62.3 Å². The van der Waals surface area contributed by atoms with Gasteiger partial charge in [-0.25, -0.2) is 4.98 Å². The third-order valence-electron chi connectivity index (χ3n) is 4.78. The number of pyridine rings is 1. The van der Waals surface area contributed by atoms with Gasteiger partial charge in [0.2, 0.25) is 0 Å². The van der Waals surface area contributed by atoms with E-state index in [0.717, 1.165) is 12.1 Å². The van der Waals surface area contributed by atoms with Crippen LogP contribution in [0.1, 0.15) is 50.6 Å². The molecule has 4 heteroatoms. The van der Waals surface area contributed by atoms with Crippen LogP contribution in [-0.4, -0.2) is 9.38 Å². The van der Waals surface area contributed by atoms with Crippen LogP contribution in [0.3, 0.4) is 0 Å². The predicted molar refractivity (Wildman–Crippen MR) is 111 cm³/mol. The third-order valence-corrected chi connectivity index (χ3v) is 4.78. The molecule has 2 heterocycles. The van der Waals surface area contributed by atoms with E-state index in [1.807, 2.05) is 18.2 Å². The molecule has 0 unspecified atom stereocenters. The van der Waals surface area contributed by atoms with Crippen molar-refractivity contribution in [3.63, 3.8) is 0 Å². The minimum absolute atomic E-state index is 0.0449. The highest BCUT2D eigenvalue weighted by molar-refractivity contribution is 5.38. The van der Waals surface area contributed by atoms with Gasteiger partial charge in [0.15, 0.2) is 0 Å². The SMILES string of the molecule is CC(C)Cc1ccc([C@H](NCc2cc(=O)n3ccccc3n2)C(C)C)cc1. The average molecular weight is 364 g/mol. The second-order valence-electron chi connectivity index (χ2n) is 7.96. The van der Waals surface area contributed by atoms with E-state index in [1.54, 1.807) is 16.7 Å². The summed E-state index contributed by atoms with van der Waals surface area (Å²) >= 11 is 0. The molecule has 4 nitrogen and oxygen atoms in total. The molecule has 0 amide bonds. The molecule has 1 aromatic carbocycles. The number of hydrogen-bond donors (Lipinski definition) is 1. The molecular weight excluding hydrogens is 334 g/mol. The largest absolute Gasteiger partial charge is 0.304 e. The molecule has 0 saturated heterocycles. The van der Waals surface area contributed by atoms with Crippen LogP contribution in [0.2, 0.25) is 0 Å². The zero-order valence-electron chi connectivity index (χ0n) is 16.6. The highest BCUT2D eigenvalue weighted by Gasteiger charge is 2.16. The second kappa shape index (κ2) is 8.49. The fourth-order valence-electron chi connectivity index (χ4n) is 3.48. The van der Waals surface area contributed by atoms with E-state index in [9.17, 15) is 4.79 Å². The summed E-state index contributed by atoms with van der Waals surface area (Å²) < 4.78 is 1.57. The molecule has 142 valence electrons. The lowest BCUT2D eigenvalue weighted by molar-refractivity contribution is 0.408. The molecule has 0 spiro atoms. The van der Waals surface area contributed by atoms with Crippen molar-refractivity contribution >= 4 is 5.65 Å². The van der Waals surface area contributed by atoms with Gasteiger partial charge in [0, 0.05) is 24.8 Å². The van der Waals surface area contributed by atoms with Crippen LogP contribution in [-0.2, 0) is 13.0 Å². The van der Waals surface area contributed by atoms with E-state index in [4.69, 9.17) is 0 Å². The monoisotopic (exact) mass is 363 g/mol. The van der Waals surface area contributed by atoms with E-state index in [0.29, 0.717) is 24.0 Å². The van der Waals surface area contributed by atoms with Gasteiger partial charge in [-0.3, -0.25) is 9.20 Å². The van der Waals surface area contributed by atoms with Gasteiger partial charge in [0.25, 0.3) is 5.56 Å². The van der Waals surface area contributed by atoms with Crippen molar-refractivity contribution in [2.75, 3.05) is 0 Å². The standard InChI is InChI=1S/C23H29N3O/c1-16(2)13-18-8-10-19(11-9-18)23(17(3)4)24-15-20-14-22(27)26-12-6-5-7-21(26)25-20/h5-12,14,16-17,23-24H,13,15H2,1-4H3/t23-/m1/s1. The molecular formula is C23H29N3O. The van der Waals surface area contributed by atoms with Gasteiger partial charge in [-0.05, 0) is 41.5 Å². The minimum Gasteiger partial charge on any atom is -0.304 e. The molecule has 0 aliphatic rings. The van der Waals surface area contributed by atoms with Crippen molar-refractivity contribution in [2.45, 2.75) is 46.7 Å². The van der Waals surface area contributed by atoms with Crippen molar-refractivity contribution in [1.82, 2.24) is 14.7 Å². The van der Waals surface area contributed by atoms with Crippen molar-refractivity contribution in [2.24, 2.45) is 11.8 Å². The van der Waals surface area contributed by atoms with Crippen molar-refractivity contribution in [1.29, 1.82) is 0 Å². The molecule has 0 aliphatic carbocycles. The molecule has 0 aliphatic heterocycles. The zero-order chi connectivity index (χ0) is 19.4.